The highest BCUT2D eigenvalue weighted by Gasteiger charge is 2.61. The highest BCUT2D eigenvalue weighted by Crippen LogP contribution is 2.54. The first kappa shape index (κ1) is 12.9. The third-order valence-electron chi connectivity index (χ3n) is 3.63. The third kappa shape index (κ3) is 1.97. The van der Waals surface area contributed by atoms with Crippen molar-refractivity contribution in [3.8, 4) is 5.75 Å². The Balaban J connectivity index is 2.28. The molecule has 1 aliphatic carbocycles. The number of nitrogens with two attached hydrogens (primary N) is 1. The van der Waals surface area contributed by atoms with E-state index in [0.717, 1.165) is 17.7 Å². The molecule has 0 heterocycles. The van der Waals surface area contributed by atoms with E-state index in [9.17, 15) is 4.79 Å². The molecule has 2 rings (SSSR count). The smallest absolute Gasteiger partial charge is 0.316 e. The van der Waals surface area contributed by atoms with E-state index in [-0.39, 0.29) is 11.9 Å². The van der Waals surface area contributed by atoms with Gasteiger partial charge >= 0.3 is 5.97 Å². The summed E-state index contributed by atoms with van der Waals surface area (Å²) in [6.45, 7) is 2.72. The van der Waals surface area contributed by atoms with Gasteiger partial charge in [-0.25, -0.2) is 0 Å². The number of carbonyl (C=O) groups is 1. The van der Waals surface area contributed by atoms with Crippen LogP contribution in [0.4, 0.5) is 0 Å². The lowest BCUT2D eigenvalue weighted by molar-refractivity contribution is -0.146. The molecular weight excluding hydrogens is 230 g/mol. The highest BCUT2D eigenvalue weighted by molar-refractivity contribution is 5.87. The van der Waals surface area contributed by atoms with Crippen molar-refractivity contribution in [3.05, 3.63) is 29.8 Å². The van der Waals surface area contributed by atoms with Crippen LogP contribution in [-0.4, -0.2) is 26.2 Å². The Labute approximate surface area is 107 Å². The molecule has 1 aromatic carbocycles. The Morgan fingerprint density at radius 2 is 2.11 bits per heavy atom. The van der Waals surface area contributed by atoms with E-state index < -0.39 is 5.41 Å². The van der Waals surface area contributed by atoms with Gasteiger partial charge in [0.1, 0.15) is 5.75 Å². The van der Waals surface area contributed by atoms with E-state index in [4.69, 9.17) is 15.2 Å². The molecule has 0 spiro atoms. The minimum atomic E-state index is -0.531. The summed E-state index contributed by atoms with van der Waals surface area (Å²) >= 11 is 0. The Bertz CT molecular complexity index is 429. The molecule has 2 N–H and O–H groups in total. The van der Waals surface area contributed by atoms with Gasteiger partial charge in [-0.3, -0.25) is 4.79 Å². The van der Waals surface area contributed by atoms with Crippen LogP contribution < -0.4 is 10.5 Å². The molecule has 0 bridgehead atoms. The van der Waals surface area contributed by atoms with E-state index in [1.54, 1.807) is 7.11 Å². The predicted octanol–water partition coefficient (Wildman–Crippen LogP) is 1.47. The lowest BCUT2D eigenvalue weighted by atomic mass is 9.93. The number of hydrogen-bond acceptors (Lipinski definition) is 4. The monoisotopic (exact) mass is 249 g/mol. The molecule has 1 aliphatic rings. The molecule has 98 valence electrons. The number of rotatable bonds is 5. The molecule has 18 heavy (non-hydrogen) atoms. The van der Waals surface area contributed by atoms with Crippen molar-refractivity contribution in [1.29, 1.82) is 0 Å². The summed E-state index contributed by atoms with van der Waals surface area (Å²) in [5.41, 5.74) is 6.14. The highest BCUT2D eigenvalue weighted by atomic mass is 16.5. The minimum Gasteiger partial charge on any atom is -0.497 e. The molecule has 1 fully saturated rings. The quantitative estimate of drug-likeness (QED) is 0.803. The van der Waals surface area contributed by atoms with Crippen LogP contribution in [0.25, 0.3) is 0 Å². The Morgan fingerprint density at radius 1 is 1.44 bits per heavy atom. The minimum absolute atomic E-state index is 0.161. The van der Waals surface area contributed by atoms with Crippen molar-refractivity contribution in [2.45, 2.75) is 18.8 Å². The zero-order valence-electron chi connectivity index (χ0n) is 10.8. The van der Waals surface area contributed by atoms with Crippen LogP contribution in [0.5, 0.6) is 5.75 Å². The molecule has 0 radical (unpaired) electrons. The van der Waals surface area contributed by atoms with Gasteiger partial charge in [-0.1, -0.05) is 12.1 Å². The van der Waals surface area contributed by atoms with Crippen molar-refractivity contribution < 1.29 is 14.3 Å². The molecule has 0 amide bonds. The van der Waals surface area contributed by atoms with Crippen molar-refractivity contribution >= 4 is 5.97 Å². The van der Waals surface area contributed by atoms with Crippen LogP contribution in [0, 0.1) is 5.92 Å². The maximum atomic E-state index is 12.1. The summed E-state index contributed by atoms with van der Waals surface area (Å²) in [5, 5.41) is 0. The van der Waals surface area contributed by atoms with Crippen LogP contribution in [-0.2, 0) is 14.9 Å². The largest absolute Gasteiger partial charge is 0.497 e. The number of carbonyl (C=O) groups excluding carboxylic acids is 1. The average molecular weight is 249 g/mol. The van der Waals surface area contributed by atoms with E-state index in [1.807, 2.05) is 31.2 Å². The van der Waals surface area contributed by atoms with E-state index >= 15 is 0 Å². The van der Waals surface area contributed by atoms with E-state index in [2.05, 4.69) is 0 Å². The average Bonchev–Trinajstić information content (AvgIpc) is 3.15. The number of esters is 1. The molecule has 0 aliphatic heterocycles. The van der Waals surface area contributed by atoms with Gasteiger partial charge in [0.05, 0.1) is 19.1 Å². The summed E-state index contributed by atoms with van der Waals surface area (Å²) in [6.07, 6.45) is 0.772. The maximum Gasteiger partial charge on any atom is 0.316 e. The lowest BCUT2D eigenvalue weighted by Gasteiger charge is -2.16. The summed E-state index contributed by atoms with van der Waals surface area (Å²) in [5.74, 6) is 0.804. The molecule has 4 heteroatoms. The van der Waals surface area contributed by atoms with Crippen molar-refractivity contribution in [1.82, 2.24) is 0 Å². The number of methoxy groups -OCH3 is 1. The SMILES string of the molecule is CCOC(=O)C1(c2ccc(OC)cc2)CC1CN. The Morgan fingerprint density at radius 3 is 2.56 bits per heavy atom. The second kappa shape index (κ2) is 4.98. The van der Waals surface area contributed by atoms with Crippen LogP contribution in [0.1, 0.15) is 18.9 Å². The second-order valence-corrected chi connectivity index (χ2v) is 4.56. The van der Waals surface area contributed by atoms with Gasteiger partial charge < -0.3 is 15.2 Å². The molecule has 2 atom stereocenters. The normalized spacial score (nSPS) is 25.6. The van der Waals surface area contributed by atoms with Gasteiger partial charge in [-0.05, 0) is 43.5 Å². The fourth-order valence-electron chi connectivity index (χ4n) is 2.48. The van der Waals surface area contributed by atoms with Gasteiger partial charge in [0.25, 0.3) is 0 Å². The van der Waals surface area contributed by atoms with Gasteiger partial charge in [0, 0.05) is 0 Å². The van der Waals surface area contributed by atoms with Gasteiger partial charge in [-0.2, -0.15) is 0 Å². The topological polar surface area (TPSA) is 61.5 Å². The van der Waals surface area contributed by atoms with E-state index in [0.29, 0.717) is 13.2 Å². The van der Waals surface area contributed by atoms with Gasteiger partial charge in [0.15, 0.2) is 0 Å². The molecular formula is C14H19NO3. The summed E-state index contributed by atoms with van der Waals surface area (Å²) in [6, 6.07) is 7.57. The van der Waals surface area contributed by atoms with Crippen molar-refractivity contribution in [2.75, 3.05) is 20.3 Å². The number of hydrogen-bond donors (Lipinski definition) is 1. The molecule has 2 unspecified atom stereocenters. The third-order valence-corrected chi connectivity index (χ3v) is 3.63. The van der Waals surface area contributed by atoms with Crippen LogP contribution in [0.2, 0.25) is 0 Å². The van der Waals surface area contributed by atoms with Crippen LogP contribution in [0.15, 0.2) is 24.3 Å². The zero-order chi connectivity index (χ0) is 13.2. The van der Waals surface area contributed by atoms with Crippen LogP contribution in [0.3, 0.4) is 0 Å². The van der Waals surface area contributed by atoms with Crippen molar-refractivity contribution in [2.24, 2.45) is 11.7 Å². The first-order valence-electron chi connectivity index (χ1n) is 6.20. The fraction of sp³-hybridized carbons (Fsp3) is 0.500. The molecule has 0 saturated heterocycles. The molecule has 4 nitrogen and oxygen atoms in total. The van der Waals surface area contributed by atoms with Gasteiger partial charge in [0.2, 0.25) is 0 Å². The molecule has 1 aromatic rings. The maximum absolute atomic E-state index is 12.1. The number of ether oxygens (including phenoxy) is 2. The van der Waals surface area contributed by atoms with Crippen molar-refractivity contribution in [3.63, 3.8) is 0 Å². The standard InChI is InChI=1S/C14H19NO3/c1-3-18-13(16)14(8-11(14)9-15)10-4-6-12(17-2)7-5-10/h4-7,11H,3,8-9,15H2,1-2H3. The fourth-order valence-corrected chi connectivity index (χ4v) is 2.48. The molecule has 1 saturated carbocycles. The Kier molecular flexibility index (Phi) is 3.57. The molecule has 0 aromatic heterocycles. The first-order chi connectivity index (χ1) is 8.68. The summed E-state index contributed by atoms with van der Waals surface area (Å²) in [4.78, 5) is 12.1. The first-order valence-corrected chi connectivity index (χ1v) is 6.20. The predicted molar refractivity (Wildman–Crippen MR) is 68.5 cm³/mol. The van der Waals surface area contributed by atoms with Gasteiger partial charge in [-0.15, -0.1) is 0 Å². The zero-order valence-corrected chi connectivity index (χ0v) is 10.8. The van der Waals surface area contributed by atoms with E-state index in [1.165, 1.54) is 0 Å². The Hall–Kier alpha value is -1.55. The second-order valence-electron chi connectivity index (χ2n) is 4.56. The number of benzene rings is 1. The summed E-state index contributed by atoms with van der Waals surface area (Å²) < 4.78 is 10.3. The lowest BCUT2D eigenvalue weighted by Crippen LogP contribution is -2.27. The summed E-state index contributed by atoms with van der Waals surface area (Å²) in [7, 11) is 1.62. The van der Waals surface area contributed by atoms with Crippen LogP contribution >= 0.6 is 0 Å².